The Morgan fingerprint density at radius 1 is 1.40 bits per heavy atom. The lowest BCUT2D eigenvalue weighted by molar-refractivity contribution is 0.101. The van der Waals surface area contributed by atoms with Crippen molar-refractivity contribution < 1.29 is 4.79 Å². The van der Waals surface area contributed by atoms with Gasteiger partial charge in [-0.05, 0) is 25.3 Å². The summed E-state index contributed by atoms with van der Waals surface area (Å²) in [6, 6.07) is 7.82. The Bertz CT molecular complexity index is 325. The Balaban J connectivity index is 0.00000196. The molecule has 1 aromatic rings. The minimum Gasteiger partial charge on any atom is -0.327 e. The average Bonchev–Trinajstić information content (AvgIpc) is 2.18. The van der Waals surface area contributed by atoms with Crippen molar-refractivity contribution in [1.82, 2.24) is 0 Å². The van der Waals surface area contributed by atoms with Gasteiger partial charge < -0.3 is 5.73 Å². The molecule has 0 bridgehead atoms. The number of ketones is 1. The summed E-state index contributed by atoms with van der Waals surface area (Å²) in [5, 5.41) is 0. The topological polar surface area (TPSA) is 43.1 Å². The average molecular weight is 228 g/mol. The van der Waals surface area contributed by atoms with Crippen molar-refractivity contribution >= 4 is 18.2 Å². The number of halogens is 1. The third-order valence-electron chi connectivity index (χ3n) is 2.40. The number of nitrogens with two attached hydrogens (primary N) is 1. The van der Waals surface area contributed by atoms with Gasteiger partial charge in [0.05, 0.1) is 0 Å². The predicted octanol–water partition coefficient (Wildman–Crippen LogP) is 2.59. The van der Waals surface area contributed by atoms with Crippen LogP contribution in [0.4, 0.5) is 0 Å². The second kappa shape index (κ2) is 6.59. The predicted molar refractivity (Wildman–Crippen MR) is 65.7 cm³/mol. The number of hydrogen-bond acceptors (Lipinski definition) is 2. The largest absolute Gasteiger partial charge is 0.327 e. The van der Waals surface area contributed by atoms with Crippen LogP contribution in [0.15, 0.2) is 24.3 Å². The molecule has 0 aliphatic rings. The molecule has 0 fully saturated rings. The Morgan fingerprint density at radius 2 is 2.00 bits per heavy atom. The molecule has 15 heavy (non-hydrogen) atoms. The van der Waals surface area contributed by atoms with Crippen LogP contribution in [0.25, 0.3) is 0 Å². The van der Waals surface area contributed by atoms with E-state index in [0.29, 0.717) is 0 Å². The zero-order valence-electron chi connectivity index (χ0n) is 9.19. The number of rotatable bonds is 4. The fraction of sp³-hybridized carbons (Fsp3) is 0.417. The summed E-state index contributed by atoms with van der Waals surface area (Å²) in [6.07, 6.45) is 1.72. The van der Waals surface area contributed by atoms with E-state index in [1.807, 2.05) is 24.3 Å². The fourth-order valence-corrected chi connectivity index (χ4v) is 1.47. The van der Waals surface area contributed by atoms with Crippen LogP contribution in [0.3, 0.4) is 0 Å². The highest BCUT2D eigenvalue weighted by molar-refractivity contribution is 5.95. The van der Waals surface area contributed by atoms with Crippen LogP contribution in [0, 0.1) is 0 Å². The summed E-state index contributed by atoms with van der Waals surface area (Å²) in [4.78, 5) is 11.3. The van der Waals surface area contributed by atoms with E-state index < -0.39 is 0 Å². The SMILES string of the molecule is CCC(N)Cc1ccccc1C(C)=O.Cl. The Kier molecular flexibility index (Phi) is 6.21. The van der Waals surface area contributed by atoms with E-state index in [2.05, 4.69) is 6.92 Å². The lowest BCUT2D eigenvalue weighted by atomic mass is 9.97. The molecule has 2 nitrogen and oxygen atoms in total. The van der Waals surface area contributed by atoms with Gasteiger partial charge in [0.25, 0.3) is 0 Å². The van der Waals surface area contributed by atoms with E-state index in [9.17, 15) is 4.79 Å². The molecule has 0 heterocycles. The first-order chi connectivity index (χ1) is 6.65. The van der Waals surface area contributed by atoms with E-state index in [-0.39, 0.29) is 24.2 Å². The number of Topliss-reactive ketones (excluding diaryl/α,β-unsaturated/α-hetero) is 1. The highest BCUT2D eigenvalue weighted by Crippen LogP contribution is 2.12. The van der Waals surface area contributed by atoms with Crippen LogP contribution in [-0.4, -0.2) is 11.8 Å². The Morgan fingerprint density at radius 3 is 2.53 bits per heavy atom. The summed E-state index contributed by atoms with van der Waals surface area (Å²) in [7, 11) is 0. The van der Waals surface area contributed by atoms with Gasteiger partial charge in [0.1, 0.15) is 0 Å². The van der Waals surface area contributed by atoms with Crippen molar-refractivity contribution in [2.75, 3.05) is 0 Å². The minimum atomic E-state index is 0. The Hall–Kier alpha value is -0.860. The van der Waals surface area contributed by atoms with E-state index >= 15 is 0 Å². The third-order valence-corrected chi connectivity index (χ3v) is 2.40. The molecule has 2 N–H and O–H groups in total. The summed E-state index contributed by atoms with van der Waals surface area (Å²) in [5.41, 5.74) is 7.73. The summed E-state index contributed by atoms with van der Waals surface area (Å²) in [5.74, 6) is 0.115. The van der Waals surface area contributed by atoms with Crippen molar-refractivity contribution in [2.24, 2.45) is 5.73 Å². The summed E-state index contributed by atoms with van der Waals surface area (Å²) >= 11 is 0. The summed E-state index contributed by atoms with van der Waals surface area (Å²) in [6.45, 7) is 3.65. The van der Waals surface area contributed by atoms with Crippen molar-refractivity contribution in [2.45, 2.75) is 32.7 Å². The first-order valence-corrected chi connectivity index (χ1v) is 4.99. The number of carbonyl (C=O) groups excluding carboxylic acids is 1. The molecule has 84 valence electrons. The molecule has 3 heteroatoms. The first-order valence-electron chi connectivity index (χ1n) is 4.99. The quantitative estimate of drug-likeness (QED) is 0.804. The van der Waals surface area contributed by atoms with Crippen LogP contribution in [-0.2, 0) is 6.42 Å². The lowest BCUT2D eigenvalue weighted by Gasteiger charge is -2.11. The molecular weight excluding hydrogens is 210 g/mol. The van der Waals surface area contributed by atoms with Gasteiger partial charge in [0, 0.05) is 11.6 Å². The second-order valence-corrected chi connectivity index (χ2v) is 3.59. The number of benzene rings is 1. The molecule has 0 saturated carbocycles. The van der Waals surface area contributed by atoms with E-state index in [0.717, 1.165) is 24.0 Å². The Labute approximate surface area is 97.3 Å². The molecule has 0 aliphatic carbocycles. The van der Waals surface area contributed by atoms with Gasteiger partial charge in [-0.25, -0.2) is 0 Å². The first kappa shape index (κ1) is 14.1. The molecule has 0 aromatic heterocycles. The van der Waals surface area contributed by atoms with Gasteiger partial charge in [-0.3, -0.25) is 4.79 Å². The standard InChI is InChI=1S/C12H17NO.ClH/c1-3-11(13)8-10-6-4-5-7-12(10)9(2)14;/h4-7,11H,3,8,13H2,1-2H3;1H. The van der Waals surface area contributed by atoms with E-state index in [4.69, 9.17) is 5.73 Å². The normalized spacial score (nSPS) is 11.7. The molecule has 1 rings (SSSR count). The van der Waals surface area contributed by atoms with Gasteiger partial charge in [-0.1, -0.05) is 31.2 Å². The van der Waals surface area contributed by atoms with Crippen molar-refractivity contribution in [3.63, 3.8) is 0 Å². The van der Waals surface area contributed by atoms with Crippen LogP contribution in [0.1, 0.15) is 36.2 Å². The van der Waals surface area contributed by atoms with Gasteiger partial charge in [-0.15, -0.1) is 12.4 Å². The van der Waals surface area contributed by atoms with Gasteiger partial charge >= 0.3 is 0 Å². The smallest absolute Gasteiger partial charge is 0.160 e. The maximum atomic E-state index is 11.3. The summed E-state index contributed by atoms with van der Waals surface area (Å²) < 4.78 is 0. The molecule has 1 unspecified atom stereocenters. The minimum absolute atomic E-state index is 0. The molecule has 0 aliphatic heterocycles. The van der Waals surface area contributed by atoms with Crippen molar-refractivity contribution in [1.29, 1.82) is 0 Å². The van der Waals surface area contributed by atoms with E-state index in [1.165, 1.54) is 0 Å². The maximum Gasteiger partial charge on any atom is 0.160 e. The van der Waals surface area contributed by atoms with Gasteiger partial charge in [0.2, 0.25) is 0 Å². The third kappa shape index (κ3) is 4.02. The number of hydrogen-bond donors (Lipinski definition) is 1. The second-order valence-electron chi connectivity index (χ2n) is 3.59. The molecule has 0 saturated heterocycles. The monoisotopic (exact) mass is 227 g/mol. The maximum absolute atomic E-state index is 11.3. The van der Waals surface area contributed by atoms with Gasteiger partial charge in [-0.2, -0.15) is 0 Å². The van der Waals surface area contributed by atoms with Crippen LogP contribution >= 0.6 is 12.4 Å². The highest BCUT2D eigenvalue weighted by atomic mass is 35.5. The van der Waals surface area contributed by atoms with E-state index in [1.54, 1.807) is 6.92 Å². The fourth-order valence-electron chi connectivity index (χ4n) is 1.47. The van der Waals surface area contributed by atoms with Gasteiger partial charge in [0.15, 0.2) is 5.78 Å². The molecule has 0 spiro atoms. The zero-order valence-corrected chi connectivity index (χ0v) is 10.0. The highest BCUT2D eigenvalue weighted by Gasteiger charge is 2.08. The molecular formula is C12H18ClNO. The van der Waals surface area contributed by atoms with Crippen LogP contribution < -0.4 is 5.73 Å². The molecule has 0 radical (unpaired) electrons. The van der Waals surface area contributed by atoms with Crippen LogP contribution in [0.2, 0.25) is 0 Å². The zero-order chi connectivity index (χ0) is 10.6. The number of carbonyl (C=O) groups is 1. The van der Waals surface area contributed by atoms with Crippen LogP contribution in [0.5, 0.6) is 0 Å². The molecule has 1 aromatic carbocycles. The lowest BCUT2D eigenvalue weighted by Crippen LogP contribution is -2.22. The van der Waals surface area contributed by atoms with Crippen molar-refractivity contribution in [3.8, 4) is 0 Å². The molecule has 1 atom stereocenters. The van der Waals surface area contributed by atoms with Crippen molar-refractivity contribution in [3.05, 3.63) is 35.4 Å². The molecule has 0 amide bonds.